The van der Waals surface area contributed by atoms with Crippen LogP contribution in [0.2, 0.25) is 5.15 Å². The van der Waals surface area contributed by atoms with Crippen molar-refractivity contribution in [1.82, 2.24) is 15.0 Å². The van der Waals surface area contributed by atoms with Crippen LogP contribution in [0, 0.1) is 0 Å². The van der Waals surface area contributed by atoms with E-state index in [0.717, 1.165) is 60.4 Å². The van der Waals surface area contributed by atoms with Crippen molar-refractivity contribution in [3.63, 3.8) is 0 Å². The van der Waals surface area contributed by atoms with Crippen LogP contribution in [0.25, 0.3) is 22.0 Å². The van der Waals surface area contributed by atoms with Gasteiger partial charge in [0.1, 0.15) is 11.0 Å². The summed E-state index contributed by atoms with van der Waals surface area (Å²) in [6.45, 7) is 4.71. The van der Waals surface area contributed by atoms with Crippen molar-refractivity contribution in [2.45, 2.75) is 25.9 Å². The van der Waals surface area contributed by atoms with E-state index in [9.17, 15) is 0 Å². The zero-order valence-electron chi connectivity index (χ0n) is 14.7. The van der Waals surface area contributed by atoms with E-state index < -0.39 is 0 Å². The van der Waals surface area contributed by atoms with Gasteiger partial charge in [0.15, 0.2) is 0 Å². The predicted octanol–water partition coefficient (Wildman–Crippen LogP) is 4.35. The topological polar surface area (TPSA) is 51.1 Å². The van der Waals surface area contributed by atoms with E-state index in [0.29, 0.717) is 11.3 Å². The Hall–Kier alpha value is -2.24. The van der Waals surface area contributed by atoms with Gasteiger partial charge in [0.2, 0.25) is 0 Å². The Labute approximate surface area is 158 Å². The van der Waals surface area contributed by atoms with Gasteiger partial charge < -0.3 is 9.64 Å². The Morgan fingerprint density at radius 1 is 1.19 bits per heavy atom. The number of pyridine rings is 3. The van der Waals surface area contributed by atoms with Crippen LogP contribution in [0.3, 0.4) is 0 Å². The Kier molecular flexibility index (Phi) is 5.00. The predicted molar refractivity (Wildman–Crippen MR) is 105 cm³/mol. The molecule has 0 unspecified atom stereocenters. The maximum atomic E-state index is 6.07. The molecule has 3 aromatic heterocycles. The van der Waals surface area contributed by atoms with Gasteiger partial charge in [0.25, 0.3) is 0 Å². The molecule has 5 nitrogen and oxygen atoms in total. The number of fused-ring (bicyclic) bond motifs is 1. The number of hydrogen-bond acceptors (Lipinski definition) is 5. The van der Waals surface area contributed by atoms with Crippen LogP contribution in [-0.4, -0.2) is 40.8 Å². The molecule has 0 bridgehead atoms. The lowest BCUT2D eigenvalue weighted by atomic mass is 10.1. The molecule has 0 aromatic carbocycles. The molecule has 1 saturated heterocycles. The zero-order chi connectivity index (χ0) is 17.9. The second kappa shape index (κ2) is 7.56. The van der Waals surface area contributed by atoms with Crippen molar-refractivity contribution < 1.29 is 4.74 Å². The quantitative estimate of drug-likeness (QED) is 0.641. The number of anilines is 1. The molecule has 0 aliphatic carbocycles. The first kappa shape index (κ1) is 17.2. The van der Waals surface area contributed by atoms with E-state index in [1.807, 2.05) is 30.6 Å². The van der Waals surface area contributed by atoms with Gasteiger partial charge in [0, 0.05) is 54.6 Å². The smallest absolute Gasteiger partial charge is 0.137 e. The maximum absolute atomic E-state index is 6.07. The minimum atomic E-state index is 0.353. The Morgan fingerprint density at radius 3 is 2.81 bits per heavy atom. The summed E-state index contributed by atoms with van der Waals surface area (Å²) >= 11 is 6.07. The van der Waals surface area contributed by atoms with E-state index >= 15 is 0 Å². The highest BCUT2D eigenvalue weighted by molar-refractivity contribution is 6.29. The maximum Gasteiger partial charge on any atom is 0.137 e. The molecule has 6 heteroatoms. The average molecular weight is 369 g/mol. The average Bonchev–Trinajstić information content (AvgIpc) is 2.68. The second-order valence-electron chi connectivity index (χ2n) is 6.44. The Balaban J connectivity index is 1.74. The molecule has 1 aliphatic rings. The number of ether oxygens (including phenoxy) is 1. The molecular weight excluding hydrogens is 348 g/mol. The van der Waals surface area contributed by atoms with Crippen molar-refractivity contribution in [3.05, 3.63) is 48.0 Å². The third-order valence-electron chi connectivity index (χ3n) is 4.78. The summed E-state index contributed by atoms with van der Waals surface area (Å²) in [7, 11) is 0. The minimum absolute atomic E-state index is 0.353. The van der Waals surface area contributed by atoms with Gasteiger partial charge >= 0.3 is 0 Å². The number of hydrogen-bond donors (Lipinski definition) is 0. The summed E-state index contributed by atoms with van der Waals surface area (Å²) in [6.07, 6.45) is 7.82. The summed E-state index contributed by atoms with van der Waals surface area (Å²) < 4.78 is 5.78. The fourth-order valence-corrected chi connectivity index (χ4v) is 3.67. The fourth-order valence-electron chi connectivity index (χ4n) is 3.50. The van der Waals surface area contributed by atoms with Gasteiger partial charge in [-0.25, -0.2) is 9.97 Å². The summed E-state index contributed by atoms with van der Waals surface area (Å²) in [5.74, 6) is 1.00. The molecule has 0 saturated carbocycles. The molecule has 0 spiro atoms. The summed E-state index contributed by atoms with van der Waals surface area (Å²) in [4.78, 5) is 15.7. The van der Waals surface area contributed by atoms with Crippen LogP contribution in [0.5, 0.6) is 0 Å². The summed E-state index contributed by atoms with van der Waals surface area (Å²) in [6, 6.07) is 7.87. The lowest BCUT2D eigenvalue weighted by Gasteiger charge is -2.33. The third-order valence-corrected chi connectivity index (χ3v) is 4.98. The Morgan fingerprint density at radius 2 is 2.04 bits per heavy atom. The lowest BCUT2D eigenvalue weighted by molar-refractivity contribution is 0.0459. The van der Waals surface area contributed by atoms with Crippen LogP contribution in [0.4, 0.5) is 5.82 Å². The molecule has 0 N–H and O–H groups in total. The molecule has 3 aromatic rings. The molecule has 1 fully saturated rings. The van der Waals surface area contributed by atoms with Crippen molar-refractivity contribution >= 4 is 28.2 Å². The monoisotopic (exact) mass is 368 g/mol. The van der Waals surface area contributed by atoms with E-state index in [1.165, 1.54) is 0 Å². The summed E-state index contributed by atoms with van der Waals surface area (Å²) in [5.41, 5.74) is 1.85. The molecule has 26 heavy (non-hydrogen) atoms. The SMILES string of the molecule is CCOC1CCN(c2nc(-c3ccnc(Cl)c3)cc3cnccc23)CC1. The van der Waals surface area contributed by atoms with Gasteiger partial charge in [-0.15, -0.1) is 0 Å². The van der Waals surface area contributed by atoms with Crippen LogP contribution in [0.1, 0.15) is 19.8 Å². The molecule has 0 radical (unpaired) electrons. The van der Waals surface area contributed by atoms with Gasteiger partial charge in [-0.05, 0) is 44.0 Å². The highest BCUT2D eigenvalue weighted by Crippen LogP contribution is 2.31. The van der Waals surface area contributed by atoms with Crippen LogP contribution < -0.4 is 4.90 Å². The Bertz CT molecular complexity index is 909. The number of piperidine rings is 1. The highest BCUT2D eigenvalue weighted by atomic mass is 35.5. The van der Waals surface area contributed by atoms with Crippen molar-refractivity contribution in [3.8, 4) is 11.3 Å². The number of nitrogens with zero attached hydrogens (tertiary/aromatic N) is 4. The fraction of sp³-hybridized carbons (Fsp3) is 0.350. The number of rotatable bonds is 4. The summed E-state index contributed by atoms with van der Waals surface area (Å²) in [5, 5.41) is 2.67. The van der Waals surface area contributed by atoms with E-state index in [-0.39, 0.29) is 0 Å². The standard InChI is InChI=1S/C20H21ClN4O/c1-2-26-16-5-9-25(10-6-16)20-17-4-7-22-13-15(17)11-18(24-20)14-3-8-23-19(21)12-14/h3-4,7-8,11-13,16H,2,5-6,9-10H2,1H3. The van der Waals surface area contributed by atoms with Crippen LogP contribution in [0.15, 0.2) is 42.9 Å². The van der Waals surface area contributed by atoms with E-state index in [2.05, 4.69) is 27.9 Å². The largest absolute Gasteiger partial charge is 0.378 e. The molecule has 1 aliphatic heterocycles. The normalized spacial score (nSPS) is 15.5. The zero-order valence-corrected chi connectivity index (χ0v) is 15.5. The van der Waals surface area contributed by atoms with E-state index in [1.54, 1.807) is 6.20 Å². The van der Waals surface area contributed by atoms with Crippen molar-refractivity contribution in [2.24, 2.45) is 0 Å². The van der Waals surface area contributed by atoms with Crippen LogP contribution >= 0.6 is 11.6 Å². The minimum Gasteiger partial charge on any atom is -0.378 e. The first-order chi connectivity index (χ1) is 12.7. The van der Waals surface area contributed by atoms with Gasteiger partial charge in [-0.3, -0.25) is 4.98 Å². The number of aromatic nitrogens is 3. The lowest BCUT2D eigenvalue weighted by Crippen LogP contribution is -2.37. The third kappa shape index (κ3) is 3.50. The molecule has 134 valence electrons. The van der Waals surface area contributed by atoms with Crippen molar-refractivity contribution in [1.29, 1.82) is 0 Å². The van der Waals surface area contributed by atoms with Gasteiger partial charge in [0.05, 0.1) is 11.8 Å². The second-order valence-corrected chi connectivity index (χ2v) is 6.82. The van der Waals surface area contributed by atoms with Gasteiger partial charge in [-0.2, -0.15) is 0 Å². The first-order valence-corrected chi connectivity index (χ1v) is 9.35. The van der Waals surface area contributed by atoms with Gasteiger partial charge in [-0.1, -0.05) is 11.6 Å². The first-order valence-electron chi connectivity index (χ1n) is 8.98. The molecular formula is C20H21ClN4O. The van der Waals surface area contributed by atoms with E-state index in [4.69, 9.17) is 21.3 Å². The highest BCUT2D eigenvalue weighted by Gasteiger charge is 2.22. The van der Waals surface area contributed by atoms with Crippen molar-refractivity contribution in [2.75, 3.05) is 24.6 Å². The molecule has 0 atom stereocenters. The van der Waals surface area contributed by atoms with Crippen LogP contribution in [-0.2, 0) is 4.74 Å². The number of halogens is 1. The molecule has 0 amide bonds. The molecule has 4 rings (SSSR count). The molecule has 4 heterocycles.